The largest absolute Gasteiger partial charge is 0.363 e. The summed E-state index contributed by atoms with van der Waals surface area (Å²) in [6, 6.07) is 17.3. The lowest BCUT2D eigenvalue weighted by Crippen LogP contribution is -2.47. The van der Waals surface area contributed by atoms with Gasteiger partial charge in [0.15, 0.2) is 0 Å². The van der Waals surface area contributed by atoms with E-state index in [-0.39, 0.29) is 6.42 Å². The summed E-state index contributed by atoms with van der Waals surface area (Å²) in [4.78, 5) is 36.6. The molecule has 0 aliphatic heterocycles. The van der Waals surface area contributed by atoms with Crippen molar-refractivity contribution in [2.75, 3.05) is 0 Å². The highest BCUT2D eigenvalue weighted by Gasteiger charge is 2.27. The van der Waals surface area contributed by atoms with E-state index in [9.17, 15) is 14.4 Å². The van der Waals surface area contributed by atoms with Crippen LogP contribution in [0.1, 0.15) is 15.9 Å². The molecule has 3 rings (SSSR count). The van der Waals surface area contributed by atoms with E-state index in [0.29, 0.717) is 11.3 Å². The number of benzene rings is 2. The maximum Gasteiger partial charge on any atom is 0.287 e. The molecule has 2 amide bonds. The molecule has 2 aromatic carbocycles. The third-order valence-electron chi connectivity index (χ3n) is 4.27. The summed E-state index contributed by atoms with van der Waals surface area (Å²) in [5.74, 6) is -2.43. The molecule has 0 saturated heterocycles. The average Bonchev–Trinajstić information content (AvgIpc) is 3.10. The van der Waals surface area contributed by atoms with Gasteiger partial charge in [-0.25, -0.2) is 0 Å². The van der Waals surface area contributed by atoms with Crippen LogP contribution < -0.4 is 11.1 Å². The normalized spacial score (nSPS) is 11.6. The first-order valence-corrected chi connectivity index (χ1v) is 8.73. The first-order chi connectivity index (χ1) is 13.5. The van der Waals surface area contributed by atoms with E-state index in [1.807, 2.05) is 60.7 Å². The Kier molecular flexibility index (Phi) is 5.64. The van der Waals surface area contributed by atoms with Crippen LogP contribution in [-0.2, 0) is 23.1 Å². The van der Waals surface area contributed by atoms with Crippen LogP contribution in [0.15, 0.2) is 66.9 Å². The minimum absolute atomic E-state index is 0.162. The van der Waals surface area contributed by atoms with Gasteiger partial charge in [-0.2, -0.15) is 5.10 Å². The molecule has 0 bridgehead atoms. The molecule has 0 spiro atoms. The fourth-order valence-corrected chi connectivity index (χ4v) is 2.93. The standard InChI is InChI=1S/C21H20N4O3/c1-25-13-16(18(24-25)15-10-6-3-7-11-15)21(28)23-17(19(26)20(22)27)12-14-8-4-2-5-9-14/h2-11,13,17H,12H2,1H3,(H2,22,27)(H,23,28)/t17-/m0/s1. The van der Waals surface area contributed by atoms with E-state index in [4.69, 9.17) is 5.73 Å². The lowest BCUT2D eigenvalue weighted by molar-refractivity contribution is -0.137. The van der Waals surface area contributed by atoms with Crippen molar-refractivity contribution in [2.24, 2.45) is 12.8 Å². The van der Waals surface area contributed by atoms with E-state index >= 15 is 0 Å². The molecule has 0 saturated carbocycles. The smallest absolute Gasteiger partial charge is 0.287 e. The first kappa shape index (κ1) is 19.0. The Bertz CT molecular complexity index is 997. The summed E-state index contributed by atoms with van der Waals surface area (Å²) < 4.78 is 1.53. The van der Waals surface area contributed by atoms with Gasteiger partial charge in [0.05, 0.1) is 5.56 Å². The Morgan fingerprint density at radius 1 is 1.04 bits per heavy atom. The van der Waals surface area contributed by atoms with Gasteiger partial charge in [-0.3, -0.25) is 19.1 Å². The Hall–Kier alpha value is -3.74. The molecule has 142 valence electrons. The zero-order valence-electron chi connectivity index (χ0n) is 15.3. The summed E-state index contributed by atoms with van der Waals surface area (Å²) in [7, 11) is 1.71. The molecule has 1 heterocycles. The van der Waals surface area contributed by atoms with Crippen LogP contribution in [0.4, 0.5) is 0 Å². The number of carbonyl (C=O) groups excluding carboxylic acids is 3. The lowest BCUT2D eigenvalue weighted by atomic mass is 10.0. The van der Waals surface area contributed by atoms with Gasteiger partial charge in [0, 0.05) is 25.2 Å². The van der Waals surface area contributed by atoms with Gasteiger partial charge in [0.2, 0.25) is 5.78 Å². The molecule has 3 N–H and O–H groups in total. The van der Waals surface area contributed by atoms with Crippen molar-refractivity contribution in [3.8, 4) is 11.3 Å². The van der Waals surface area contributed by atoms with Crippen molar-refractivity contribution in [1.82, 2.24) is 15.1 Å². The number of aryl methyl sites for hydroxylation is 1. The number of carbonyl (C=O) groups is 3. The van der Waals surface area contributed by atoms with Gasteiger partial charge in [-0.1, -0.05) is 60.7 Å². The molecule has 0 unspecified atom stereocenters. The highest BCUT2D eigenvalue weighted by molar-refractivity contribution is 6.38. The minimum atomic E-state index is -1.09. The number of amides is 2. The number of Topliss-reactive ketones (excluding diaryl/α,β-unsaturated/α-hetero) is 1. The maximum absolute atomic E-state index is 12.9. The van der Waals surface area contributed by atoms with Crippen LogP contribution in [0, 0.1) is 0 Å². The quantitative estimate of drug-likeness (QED) is 0.609. The Morgan fingerprint density at radius 2 is 1.64 bits per heavy atom. The minimum Gasteiger partial charge on any atom is -0.363 e. The van der Waals surface area contributed by atoms with Crippen molar-refractivity contribution in [2.45, 2.75) is 12.5 Å². The number of nitrogens with two attached hydrogens (primary N) is 1. The number of hydrogen-bond acceptors (Lipinski definition) is 4. The monoisotopic (exact) mass is 376 g/mol. The second-order valence-electron chi connectivity index (χ2n) is 6.38. The number of aromatic nitrogens is 2. The van der Waals surface area contributed by atoms with Gasteiger partial charge in [0.25, 0.3) is 11.8 Å². The number of hydrogen-bond donors (Lipinski definition) is 2. The summed E-state index contributed by atoms with van der Waals surface area (Å²) >= 11 is 0. The first-order valence-electron chi connectivity index (χ1n) is 8.73. The van der Waals surface area contributed by atoms with E-state index < -0.39 is 23.6 Å². The van der Waals surface area contributed by atoms with Crippen LogP contribution >= 0.6 is 0 Å². The third-order valence-corrected chi connectivity index (χ3v) is 4.27. The van der Waals surface area contributed by atoms with E-state index in [2.05, 4.69) is 10.4 Å². The molecular formula is C21H20N4O3. The fourth-order valence-electron chi connectivity index (χ4n) is 2.93. The molecule has 0 fully saturated rings. The number of rotatable bonds is 7. The molecule has 7 nitrogen and oxygen atoms in total. The van der Waals surface area contributed by atoms with Gasteiger partial charge in [0.1, 0.15) is 11.7 Å². The zero-order chi connectivity index (χ0) is 20.1. The third kappa shape index (κ3) is 4.32. The topological polar surface area (TPSA) is 107 Å². The lowest BCUT2D eigenvalue weighted by Gasteiger charge is -2.16. The molecule has 1 aromatic heterocycles. The predicted molar refractivity (Wildman–Crippen MR) is 104 cm³/mol. The zero-order valence-corrected chi connectivity index (χ0v) is 15.3. The number of nitrogens with zero attached hydrogens (tertiary/aromatic N) is 2. The maximum atomic E-state index is 12.9. The molecule has 28 heavy (non-hydrogen) atoms. The Morgan fingerprint density at radius 3 is 2.25 bits per heavy atom. The molecule has 0 radical (unpaired) electrons. The average molecular weight is 376 g/mol. The molecule has 0 aliphatic rings. The Balaban J connectivity index is 1.88. The summed E-state index contributed by atoms with van der Waals surface area (Å²) in [6.07, 6.45) is 1.74. The van der Waals surface area contributed by atoms with Crippen LogP contribution in [0.2, 0.25) is 0 Å². The van der Waals surface area contributed by atoms with E-state index in [1.165, 1.54) is 4.68 Å². The van der Waals surface area contributed by atoms with Crippen LogP contribution in [0.3, 0.4) is 0 Å². The van der Waals surface area contributed by atoms with Crippen molar-refractivity contribution >= 4 is 17.6 Å². The molecule has 0 aliphatic carbocycles. The Labute approximate surface area is 162 Å². The number of primary amides is 1. The molecule has 3 aromatic rings. The highest BCUT2D eigenvalue weighted by Crippen LogP contribution is 2.21. The SMILES string of the molecule is Cn1cc(C(=O)N[C@@H](Cc2ccccc2)C(=O)C(N)=O)c(-c2ccccc2)n1. The van der Waals surface area contributed by atoms with Crippen LogP contribution in [0.25, 0.3) is 11.3 Å². The van der Waals surface area contributed by atoms with Gasteiger partial charge < -0.3 is 11.1 Å². The summed E-state index contributed by atoms with van der Waals surface area (Å²) in [5, 5.41) is 7.00. The summed E-state index contributed by atoms with van der Waals surface area (Å²) in [5.41, 5.74) is 7.55. The van der Waals surface area contributed by atoms with Gasteiger partial charge in [-0.05, 0) is 5.56 Å². The molecular weight excluding hydrogens is 356 g/mol. The van der Waals surface area contributed by atoms with Crippen molar-refractivity contribution in [3.05, 3.63) is 78.0 Å². The van der Waals surface area contributed by atoms with E-state index in [1.54, 1.807) is 13.2 Å². The van der Waals surface area contributed by atoms with Crippen molar-refractivity contribution < 1.29 is 14.4 Å². The number of nitrogens with one attached hydrogen (secondary N) is 1. The van der Waals surface area contributed by atoms with Gasteiger partial charge in [-0.15, -0.1) is 0 Å². The van der Waals surface area contributed by atoms with E-state index in [0.717, 1.165) is 11.1 Å². The van der Waals surface area contributed by atoms with Crippen molar-refractivity contribution in [1.29, 1.82) is 0 Å². The van der Waals surface area contributed by atoms with Crippen LogP contribution in [0.5, 0.6) is 0 Å². The molecule has 7 heteroatoms. The van der Waals surface area contributed by atoms with Crippen LogP contribution in [-0.4, -0.2) is 33.4 Å². The molecule has 1 atom stereocenters. The highest BCUT2D eigenvalue weighted by atomic mass is 16.2. The fraction of sp³-hybridized carbons (Fsp3) is 0.143. The second-order valence-corrected chi connectivity index (χ2v) is 6.38. The summed E-state index contributed by atoms with van der Waals surface area (Å²) in [6.45, 7) is 0. The van der Waals surface area contributed by atoms with Crippen molar-refractivity contribution in [3.63, 3.8) is 0 Å². The second kappa shape index (κ2) is 8.30. The number of ketones is 1. The predicted octanol–water partition coefficient (Wildman–Crippen LogP) is 1.48. The van der Waals surface area contributed by atoms with Gasteiger partial charge >= 0.3 is 0 Å².